The molecule has 0 heterocycles. The van der Waals surface area contributed by atoms with E-state index in [1.807, 2.05) is 12.1 Å². The minimum atomic E-state index is 0. The Labute approximate surface area is 137 Å². The van der Waals surface area contributed by atoms with Crippen molar-refractivity contribution < 1.29 is 0 Å². The maximum atomic E-state index is 6.14. The van der Waals surface area contributed by atoms with E-state index in [9.17, 15) is 0 Å². The number of nitrogens with one attached hydrogen (secondary N) is 1. The Morgan fingerprint density at radius 2 is 1.95 bits per heavy atom. The topological polar surface area (TPSA) is 38.0 Å². The Kier molecular flexibility index (Phi) is 8.04. The number of halogens is 4. The van der Waals surface area contributed by atoms with E-state index in [1.165, 1.54) is 0 Å². The second-order valence-electron chi connectivity index (χ2n) is 5.08. The summed E-state index contributed by atoms with van der Waals surface area (Å²) in [5.74, 6) is 0. The zero-order chi connectivity index (χ0) is 12.5. The molecule has 0 aromatic heterocycles. The predicted octanol–water partition coefficient (Wildman–Crippen LogP) is 3.85. The molecule has 1 aromatic carbocycles. The van der Waals surface area contributed by atoms with Crippen LogP contribution in [0.25, 0.3) is 0 Å². The molecule has 0 bridgehead atoms. The lowest BCUT2D eigenvalue weighted by atomic mass is 10.1. The number of hydrogen-bond donors (Lipinski definition) is 2. The van der Waals surface area contributed by atoms with Crippen LogP contribution in [0, 0.1) is 0 Å². The Morgan fingerprint density at radius 1 is 1.32 bits per heavy atom. The summed E-state index contributed by atoms with van der Waals surface area (Å²) in [5, 5.41) is 4.87. The van der Waals surface area contributed by atoms with Gasteiger partial charge in [0.25, 0.3) is 0 Å². The molecule has 2 rings (SSSR count). The molecule has 3 N–H and O–H groups in total. The summed E-state index contributed by atoms with van der Waals surface area (Å²) >= 11 is 12.0. The monoisotopic (exact) mass is 344 g/mol. The molecule has 1 saturated carbocycles. The molecule has 1 aliphatic carbocycles. The fourth-order valence-electron chi connectivity index (χ4n) is 1.80. The van der Waals surface area contributed by atoms with Crippen LogP contribution in [0.5, 0.6) is 0 Å². The maximum absolute atomic E-state index is 6.14. The molecule has 0 spiro atoms. The van der Waals surface area contributed by atoms with Gasteiger partial charge < -0.3 is 11.1 Å². The van der Waals surface area contributed by atoms with Crippen molar-refractivity contribution >= 4 is 48.0 Å². The van der Waals surface area contributed by atoms with Gasteiger partial charge in [-0.05, 0) is 43.9 Å². The van der Waals surface area contributed by atoms with Crippen molar-refractivity contribution in [3.8, 4) is 0 Å². The number of nitrogens with two attached hydrogens (primary N) is 1. The van der Waals surface area contributed by atoms with E-state index in [-0.39, 0.29) is 30.4 Å². The van der Waals surface area contributed by atoms with Crippen LogP contribution >= 0.6 is 48.0 Å². The molecule has 19 heavy (non-hydrogen) atoms. The fourth-order valence-corrected chi connectivity index (χ4v) is 2.29. The maximum Gasteiger partial charge on any atom is 0.0453 e. The van der Waals surface area contributed by atoms with Crippen molar-refractivity contribution in [2.45, 2.75) is 37.8 Å². The molecule has 1 fully saturated rings. The van der Waals surface area contributed by atoms with Crippen molar-refractivity contribution in [2.75, 3.05) is 6.54 Å². The summed E-state index contributed by atoms with van der Waals surface area (Å²) < 4.78 is 0. The van der Waals surface area contributed by atoms with Gasteiger partial charge in [-0.1, -0.05) is 29.3 Å². The lowest BCUT2D eigenvalue weighted by molar-refractivity contribution is 0.492. The highest BCUT2D eigenvalue weighted by Gasteiger charge is 2.37. The summed E-state index contributed by atoms with van der Waals surface area (Å²) in [5.41, 5.74) is 7.21. The van der Waals surface area contributed by atoms with Gasteiger partial charge in [0.1, 0.15) is 0 Å². The van der Waals surface area contributed by atoms with Crippen LogP contribution in [-0.2, 0) is 6.42 Å². The van der Waals surface area contributed by atoms with Crippen LogP contribution in [0.2, 0.25) is 10.0 Å². The first-order valence-corrected chi connectivity index (χ1v) is 6.70. The van der Waals surface area contributed by atoms with Crippen LogP contribution < -0.4 is 11.1 Å². The highest BCUT2D eigenvalue weighted by atomic mass is 35.5. The number of hydrogen-bond acceptors (Lipinski definition) is 2. The van der Waals surface area contributed by atoms with Gasteiger partial charge in [0.05, 0.1) is 0 Å². The van der Waals surface area contributed by atoms with E-state index in [2.05, 4.69) is 12.2 Å². The Balaban J connectivity index is 0.00000162. The van der Waals surface area contributed by atoms with E-state index in [4.69, 9.17) is 28.9 Å². The van der Waals surface area contributed by atoms with E-state index in [1.54, 1.807) is 6.07 Å². The van der Waals surface area contributed by atoms with Gasteiger partial charge in [-0.15, -0.1) is 24.8 Å². The van der Waals surface area contributed by atoms with Crippen LogP contribution in [-0.4, -0.2) is 18.1 Å². The summed E-state index contributed by atoms with van der Waals surface area (Å²) in [6, 6.07) is 6.02. The summed E-state index contributed by atoms with van der Waals surface area (Å²) in [7, 11) is 0. The van der Waals surface area contributed by atoms with Crippen molar-refractivity contribution in [1.29, 1.82) is 0 Å². The first-order valence-electron chi connectivity index (χ1n) is 5.95. The third-order valence-corrected chi connectivity index (χ3v) is 3.82. The first-order chi connectivity index (χ1) is 7.98. The minimum absolute atomic E-state index is 0. The quantitative estimate of drug-likeness (QED) is 0.850. The molecule has 0 amide bonds. The average Bonchev–Trinajstić information content (AvgIpc) is 2.99. The van der Waals surface area contributed by atoms with Crippen LogP contribution in [0.4, 0.5) is 0 Å². The van der Waals surface area contributed by atoms with E-state index < -0.39 is 0 Å². The third kappa shape index (κ3) is 6.07. The molecule has 1 aromatic rings. The molecule has 2 nitrogen and oxygen atoms in total. The SMILES string of the molecule is CC(Cc1ccc(Cl)cc1Cl)NCC1(N)CC1.Cl.Cl. The fraction of sp³-hybridized carbons (Fsp3) is 0.538. The second kappa shape index (κ2) is 7.92. The Hall–Kier alpha value is 0.300. The van der Waals surface area contributed by atoms with Gasteiger partial charge >= 0.3 is 0 Å². The lowest BCUT2D eigenvalue weighted by Gasteiger charge is -2.17. The van der Waals surface area contributed by atoms with Crippen LogP contribution in [0.3, 0.4) is 0 Å². The summed E-state index contributed by atoms with van der Waals surface area (Å²) in [6.07, 6.45) is 3.16. The standard InChI is InChI=1S/C13H18Cl2N2.2ClH/c1-9(17-8-13(16)4-5-13)6-10-2-3-11(14)7-12(10)15;;/h2-3,7,9,17H,4-6,8,16H2,1H3;2*1H. The van der Waals surface area contributed by atoms with E-state index in [0.717, 1.165) is 36.4 Å². The van der Waals surface area contributed by atoms with Crippen molar-refractivity contribution in [3.05, 3.63) is 33.8 Å². The number of benzene rings is 1. The molecule has 1 unspecified atom stereocenters. The normalized spacial score (nSPS) is 17.1. The summed E-state index contributed by atoms with van der Waals surface area (Å²) in [4.78, 5) is 0. The van der Waals surface area contributed by atoms with Crippen LogP contribution in [0.1, 0.15) is 25.3 Å². The molecule has 110 valence electrons. The molecule has 0 aliphatic heterocycles. The zero-order valence-corrected chi connectivity index (χ0v) is 13.9. The first kappa shape index (κ1) is 19.3. The van der Waals surface area contributed by atoms with Gasteiger partial charge in [0, 0.05) is 28.2 Å². The minimum Gasteiger partial charge on any atom is -0.324 e. The van der Waals surface area contributed by atoms with E-state index in [0.29, 0.717) is 11.1 Å². The van der Waals surface area contributed by atoms with Gasteiger partial charge in [0.15, 0.2) is 0 Å². The van der Waals surface area contributed by atoms with Crippen molar-refractivity contribution in [2.24, 2.45) is 5.73 Å². The lowest BCUT2D eigenvalue weighted by Crippen LogP contribution is -2.40. The second-order valence-corrected chi connectivity index (χ2v) is 5.93. The van der Waals surface area contributed by atoms with Gasteiger partial charge in [0.2, 0.25) is 0 Å². The van der Waals surface area contributed by atoms with Crippen molar-refractivity contribution in [1.82, 2.24) is 5.32 Å². The van der Waals surface area contributed by atoms with Gasteiger partial charge in [-0.25, -0.2) is 0 Å². The molecular formula is C13H20Cl4N2. The van der Waals surface area contributed by atoms with Gasteiger partial charge in [-0.3, -0.25) is 0 Å². The molecule has 0 radical (unpaired) electrons. The molecule has 0 saturated heterocycles. The molecule has 6 heteroatoms. The Morgan fingerprint density at radius 3 is 2.47 bits per heavy atom. The predicted molar refractivity (Wildman–Crippen MR) is 88.3 cm³/mol. The third-order valence-electron chi connectivity index (χ3n) is 3.24. The molecular weight excluding hydrogens is 326 g/mol. The smallest absolute Gasteiger partial charge is 0.0453 e. The van der Waals surface area contributed by atoms with Crippen LogP contribution in [0.15, 0.2) is 18.2 Å². The van der Waals surface area contributed by atoms with Crippen molar-refractivity contribution in [3.63, 3.8) is 0 Å². The zero-order valence-electron chi connectivity index (χ0n) is 10.8. The summed E-state index contributed by atoms with van der Waals surface area (Å²) in [6.45, 7) is 3.04. The van der Waals surface area contributed by atoms with E-state index >= 15 is 0 Å². The highest BCUT2D eigenvalue weighted by Crippen LogP contribution is 2.31. The highest BCUT2D eigenvalue weighted by molar-refractivity contribution is 6.35. The molecule has 1 aliphatic rings. The average molecular weight is 346 g/mol. The molecule has 1 atom stereocenters. The number of rotatable bonds is 5. The largest absolute Gasteiger partial charge is 0.324 e. The Bertz CT molecular complexity index is 408. The van der Waals surface area contributed by atoms with Gasteiger partial charge in [-0.2, -0.15) is 0 Å².